The molecule has 0 radical (unpaired) electrons. The van der Waals surface area contributed by atoms with E-state index in [-0.39, 0.29) is 11.9 Å². The Kier molecular flexibility index (Phi) is 8.12. The highest BCUT2D eigenvalue weighted by atomic mass is 32.2. The first kappa shape index (κ1) is 20.6. The van der Waals surface area contributed by atoms with Gasteiger partial charge in [0.1, 0.15) is 0 Å². The third-order valence-corrected chi connectivity index (χ3v) is 6.43. The molecule has 2 aromatic heterocycles. The number of pyridine rings is 1. The molecule has 146 valence electrons. The molecule has 0 aliphatic heterocycles. The maximum Gasteiger partial charge on any atom is 0.230 e. The van der Waals surface area contributed by atoms with E-state index >= 15 is 0 Å². The summed E-state index contributed by atoms with van der Waals surface area (Å²) >= 11 is 3.29. The molecular formula is C23H26N2OS2. The molecule has 1 unspecified atom stereocenters. The molecular weight excluding hydrogens is 384 g/mol. The van der Waals surface area contributed by atoms with Gasteiger partial charge in [-0.05, 0) is 47.0 Å². The minimum Gasteiger partial charge on any atom is -0.344 e. The van der Waals surface area contributed by atoms with Crippen molar-refractivity contribution in [2.45, 2.75) is 38.0 Å². The topological polar surface area (TPSA) is 42.0 Å². The number of nitrogens with one attached hydrogen (secondary N) is 1. The molecule has 3 aromatic rings. The Morgan fingerprint density at radius 1 is 1.14 bits per heavy atom. The van der Waals surface area contributed by atoms with E-state index < -0.39 is 0 Å². The number of nitrogens with zero attached hydrogens (tertiary/aromatic N) is 1. The molecule has 0 bridgehead atoms. The van der Waals surface area contributed by atoms with Gasteiger partial charge in [-0.1, -0.05) is 49.7 Å². The summed E-state index contributed by atoms with van der Waals surface area (Å²) in [6, 6.07) is 16.7. The number of aromatic nitrogens is 1. The number of rotatable bonds is 10. The predicted octanol–water partition coefficient (Wildman–Crippen LogP) is 5.62. The highest BCUT2D eigenvalue weighted by Gasteiger charge is 2.18. The predicted molar refractivity (Wildman–Crippen MR) is 120 cm³/mol. The van der Waals surface area contributed by atoms with Crippen molar-refractivity contribution < 1.29 is 4.79 Å². The Morgan fingerprint density at radius 2 is 2.00 bits per heavy atom. The summed E-state index contributed by atoms with van der Waals surface area (Å²) in [5.41, 5.74) is 3.62. The van der Waals surface area contributed by atoms with Gasteiger partial charge >= 0.3 is 0 Å². The second-order valence-electron chi connectivity index (χ2n) is 6.72. The van der Waals surface area contributed by atoms with Crippen LogP contribution in [0.4, 0.5) is 0 Å². The summed E-state index contributed by atoms with van der Waals surface area (Å²) in [4.78, 5) is 17.9. The van der Waals surface area contributed by atoms with Crippen LogP contribution in [0.25, 0.3) is 0 Å². The number of hydrogen-bond donors (Lipinski definition) is 1. The van der Waals surface area contributed by atoms with Crippen molar-refractivity contribution in [1.82, 2.24) is 10.3 Å². The molecule has 2 heterocycles. The number of carbonyl (C=O) groups is 1. The molecule has 3 nitrogen and oxygen atoms in total. The Hall–Kier alpha value is -2.11. The first-order valence-corrected chi connectivity index (χ1v) is 11.7. The molecule has 5 heteroatoms. The second kappa shape index (κ2) is 11.0. The molecule has 1 aromatic carbocycles. The fourth-order valence-electron chi connectivity index (χ4n) is 2.98. The smallest absolute Gasteiger partial charge is 0.230 e. The maximum absolute atomic E-state index is 12.6. The lowest BCUT2D eigenvalue weighted by Crippen LogP contribution is -2.30. The fourth-order valence-corrected chi connectivity index (χ4v) is 4.56. The van der Waals surface area contributed by atoms with Crippen molar-refractivity contribution in [3.8, 4) is 0 Å². The number of thiophene rings is 1. The second-order valence-corrected chi connectivity index (χ2v) is 8.68. The van der Waals surface area contributed by atoms with Gasteiger partial charge in [0.05, 0.1) is 11.8 Å². The van der Waals surface area contributed by atoms with Crippen LogP contribution in [0.3, 0.4) is 0 Å². The van der Waals surface area contributed by atoms with Crippen molar-refractivity contribution in [3.05, 3.63) is 87.9 Å². The number of carbonyl (C=O) groups excluding carboxylic acids is 1. The van der Waals surface area contributed by atoms with Crippen LogP contribution in [0.15, 0.2) is 66.3 Å². The number of aryl methyl sites for hydroxylation is 1. The molecule has 0 spiro atoms. The van der Waals surface area contributed by atoms with Crippen molar-refractivity contribution in [2.75, 3.05) is 5.75 Å². The van der Waals surface area contributed by atoms with Crippen LogP contribution in [0.2, 0.25) is 0 Å². The van der Waals surface area contributed by atoms with Crippen LogP contribution in [-0.4, -0.2) is 16.6 Å². The van der Waals surface area contributed by atoms with Crippen LogP contribution < -0.4 is 5.32 Å². The van der Waals surface area contributed by atoms with Crippen LogP contribution in [0.1, 0.15) is 47.4 Å². The van der Waals surface area contributed by atoms with E-state index in [9.17, 15) is 4.79 Å². The Labute approximate surface area is 175 Å². The zero-order chi connectivity index (χ0) is 19.6. The number of amides is 1. The lowest BCUT2D eigenvalue weighted by Gasteiger charge is -2.18. The maximum atomic E-state index is 12.6. The average Bonchev–Trinajstić information content (AvgIpc) is 3.26. The quantitative estimate of drug-likeness (QED) is 0.471. The SMILES string of the molecule is CCCCc1ccc(C(NC(=O)CSCc2cccnc2)c2cccs2)cc1. The van der Waals surface area contributed by atoms with Gasteiger partial charge in [-0.25, -0.2) is 0 Å². The molecule has 0 aliphatic carbocycles. The Morgan fingerprint density at radius 3 is 2.68 bits per heavy atom. The molecule has 1 atom stereocenters. The molecule has 0 saturated carbocycles. The van der Waals surface area contributed by atoms with E-state index in [1.807, 2.05) is 24.4 Å². The first-order chi connectivity index (χ1) is 13.8. The van der Waals surface area contributed by atoms with E-state index in [0.717, 1.165) is 28.2 Å². The zero-order valence-electron chi connectivity index (χ0n) is 16.1. The van der Waals surface area contributed by atoms with Crippen molar-refractivity contribution in [3.63, 3.8) is 0 Å². The van der Waals surface area contributed by atoms with Crippen LogP contribution >= 0.6 is 23.1 Å². The zero-order valence-corrected chi connectivity index (χ0v) is 17.8. The average molecular weight is 411 g/mol. The van der Waals surface area contributed by atoms with E-state index in [0.29, 0.717) is 5.75 Å². The monoisotopic (exact) mass is 410 g/mol. The highest BCUT2D eigenvalue weighted by molar-refractivity contribution is 7.99. The van der Waals surface area contributed by atoms with Crippen molar-refractivity contribution in [2.24, 2.45) is 0 Å². The number of benzene rings is 1. The van der Waals surface area contributed by atoms with E-state index in [4.69, 9.17) is 0 Å². The third kappa shape index (κ3) is 6.21. The van der Waals surface area contributed by atoms with Crippen molar-refractivity contribution in [1.29, 1.82) is 0 Å². The van der Waals surface area contributed by atoms with Gasteiger partial charge in [-0.15, -0.1) is 23.1 Å². The van der Waals surface area contributed by atoms with Gasteiger partial charge in [0.25, 0.3) is 0 Å². The molecule has 0 fully saturated rings. The fraction of sp³-hybridized carbons (Fsp3) is 0.304. The molecule has 28 heavy (non-hydrogen) atoms. The largest absolute Gasteiger partial charge is 0.344 e. The molecule has 0 aliphatic rings. The summed E-state index contributed by atoms with van der Waals surface area (Å²) in [5.74, 6) is 1.28. The summed E-state index contributed by atoms with van der Waals surface area (Å²) in [6.45, 7) is 2.21. The van der Waals surface area contributed by atoms with Crippen LogP contribution in [0, 0.1) is 0 Å². The van der Waals surface area contributed by atoms with E-state index in [1.165, 1.54) is 18.4 Å². The van der Waals surface area contributed by atoms with Gasteiger partial charge in [-0.3, -0.25) is 9.78 Å². The molecule has 3 rings (SSSR count). The molecule has 1 amide bonds. The van der Waals surface area contributed by atoms with Gasteiger partial charge in [-0.2, -0.15) is 0 Å². The lowest BCUT2D eigenvalue weighted by molar-refractivity contribution is -0.119. The van der Waals surface area contributed by atoms with Gasteiger partial charge < -0.3 is 5.32 Å². The number of hydrogen-bond acceptors (Lipinski definition) is 4. The minimum absolute atomic E-state index is 0.0577. The highest BCUT2D eigenvalue weighted by Crippen LogP contribution is 2.27. The summed E-state index contributed by atoms with van der Waals surface area (Å²) in [6.07, 6.45) is 7.13. The third-order valence-electron chi connectivity index (χ3n) is 4.49. The lowest BCUT2D eigenvalue weighted by atomic mass is 10.0. The minimum atomic E-state index is -0.0910. The number of unbranched alkanes of at least 4 members (excludes halogenated alkanes) is 1. The van der Waals surface area contributed by atoms with Gasteiger partial charge in [0, 0.05) is 23.0 Å². The van der Waals surface area contributed by atoms with Crippen LogP contribution in [-0.2, 0) is 17.0 Å². The molecule has 1 N–H and O–H groups in total. The standard InChI is InChI=1S/C23H26N2OS2/c1-2-3-6-18-9-11-20(12-10-18)23(21-8-5-14-28-21)25-22(26)17-27-16-19-7-4-13-24-15-19/h4-5,7-15,23H,2-3,6,16-17H2,1H3,(H,25,26). The summed E-state index contributed by atoms with van der Waals surface area (Å²) in [5, 5.41) is 5.28. The normalized spacial score (nSPS) is 11.9. The van der Waals surface area contributed by atoms with E-state index in [1.54, 1.807) is 29.3 Å². The van der Waals surface area contributed by atoms with Crippen molar-refractivity contribution >= 4 is 29.0 Å². The Bertz CT molecular complexity index is 833. The number of thioether (sulfide) groups is 1. The molecule has 0 saturated heterocycles. The van der Waals surface area contributed by atoms with Gasteiger partial charge in [0.2, 0.25) is 5.91 Å². The summed E-state index contributed by atoms with van der Waals surface area (Å²) in [7, 11) is 0. The Balaban J connectivity index is 1.61. The first-order valence-electron chi connectivity index (χ1n) is 9.64. The summed E-state index contributed by atoms with van der Waals surface area (Å²) < 4.78 is 0. The van der Waals surface area contributed by atoms with E-state index in [2.05, 4.69) is 52.9 Å². The van der Waals surface area contributed by atoms with Gasteiger partial charge in [0.15, 0.2) is 0 Å². The van der Waals surface area contributed by atoms with Crippen LogP contribution in [0.5, 0.6) is 0 Å².